The molecule has 1 aliphatic rings. The maximum Gasteiger partial charge on any atom is 0.416 e. The highest BCUT2D eigenvalue weighted by Gasteiger charge is 2.41. The predicted octanol–water partition coefficient (Wildman–Crippen LogP) is 3.18. The van der Waals surface area contributed by atoms with E-state index in [0.29, 0.717) is 23.7 Å². The molecule has 0 saturated carbocycles. The van der Waals surface area contributed by atoms with Crippen molar-refractivity contribution in [2.45, 2.75) is 25.6 Å². The summed E-state index contributed by atoms with van der Waals surface area (Å²) in [4.78, 5) is 30.4. The second-order valence-corrected chi connectivity index (χ2v) is 7.25. The van der Waals surface area contributed by atoms with E-state index in [0.717, 1.165) is 23.5 Å². The monoisotopic (exact) mass is 383 g/mol. The second-order valence-electron chi connectivity index (χ2n) is 6.39. The van der Waals surface area contributed by atoms with Crippen molar-refractivity contribution in [3.8, 4) is 10.6 Å². The molecule has 138 valence electrons. The number of nitrogens with one attached hydrogen (secondary N) is 1. The molecule has 5 nitrogen and oxygen atoms in total. The highest BCUT2D eigenvalue weighted by atomic mass is 32.1. The summed E-state index contributed by atoms with van der Waals surface area (Å²) in [6.45, 7) is 3.96. The average Bonchev–Trinajstić information content (AvgIpc) is 3.06. The number of carbonyl (C=O) groups excluding carboxylic acids is 2. The third-order valence-corrected chi connectivity index (χ3v) is 5.15. The first-order valence-electron chi connectivity index (χ1n) is 7.84. The molecule has 1 N–H and O–H groups in total. The van der Waals surface area contributed by atoms with Crippen LogP contribution in [0, 0.1) is 0 Å². The average molecular weight is 383 g/mol. The Morgan fingerprint density at radius 2 is 2.08 bits per heavy atom. The molecule has 0 aliphatic carbocycles. The Balaban J connectivity index is 1.89. The Hall–Kier alpha value is -2.42. The second kappa shape index (κ2) is 6.39. The summed E-state index contributed by atoms with van der Waals surface area (Å²) in [6.07, 6.45) is -4.45. The highest BCUT2D eigenvalue weighted by Crippen LogP contribution is 2.33. The minimum atomic E-state index is -4.45. The maximum absolute atomic E-state index is 12.9. The van der Waals surface area contributed by atoms with E-state index in [1.165, 1.54) is 22.4 Å². The summed E-state index contributed by atoms with van der Waals surface area (Å²) in [6, 6.07) is 4.81. The van der Waals surface area contributed by atoms with Crippen LogP contribution in [0.3, 0.4) is 0 Å². The lowest BCUT2D eigenvalue weighted by molar-refractivity contribution is -0.137. The molecule has 0 unspecified atom stereocenters. The minimum absolute atomic E-state index is 0.116. The maximum atomic E-state index is 12.9. The fraction of sp³-hybridized carbons (Fsp3) is 0.353. The highest BCUT2D eigenvalue weighted by molar-refractivity contribution is 7.13. The van der Waals surface area contributed by atoms with Gasteiger partial charge < -0.3 is 10.2 Å². The van der Waals surface area contributed by atoms with E-state index in [1.807, 2.05) is 0 Å². The summed E-state index contributed by atoms with van der Waals surface area (Å²) in [5, 5.41) is 4.52. The van der Waals surface area contributed by atoms with Gasteiger partial charge in [0.2, 0.25) is 5.91 Å². The molecule has 9 heteroatoms. The van der Waals surface area contributed by atoms with Crippen molar-refractivity contribution < 1.29 is 22.8 Å². The SMILES string of the molecule is CC1(C)C(=O)NCCN1C(=O)c1csc(-c2cccc(C(F)(F)F)c2)n1. The lowest BCUT2D eigenvalue weighted by Crippen LogP contribution is -2.63. The van der Waals surface area contributed by atoms with E-state index < -0.39 is 23.2 Å². The zero-order valence-electron chi connectivity index (χ0n) is 14.1. The van der Waals surface area contributed by atoms with Gasteiger partial charge in [-0.2, -0.15) is 13.2 Å². The summed E-state index contributed by atoms with van der Waals surface area (Å²) >= 11 is 1.09. The Kier molecular flexibility index (Phi) is 4.51. The zero-order valence-corrected chi connectivity index (χ0v) is 14.9. The van der Waals surface area contributed by atoms with Crippen LogP contribution >= 0.6 is 11.3 Å². The number of amides is 2. The number of carbonyl (C=O) groups is 2. The standard InChI is InChI=1S/C17H16F3N3O2S/c1-16(2)15(25)21-6-7-23(16)14(24)12-9-26-13(22-12)10-4-3-5-11(8-10)17(18,19)20/h3-5,8-9H,6-7H2,1-2H3,(H,21,25). The number of hydrogen-bond donors (Lipinski definition) is 1. The largest absolute Gasteiger partial charge is 0.416 e. The van der Waals surface area contributed by atoms with Gasteiger partial charge in [-0.15, -0.1) is 11.3 Å². The molecular weight excluding hydrogens is 367 g/mol. The van der Waals surface area contributed by atoms with Gasteiger partial charge in [-0.25, -0.2) is 4.98 Å². The Morgan fingerprint density at radius 3 is 2.77 bits per heavy atom. The van der Waals surface area contributed by atoms with Crippen LogP contribution in [-0.2, 0) is 11.0 Å². The molecule has 0 spiro atoms. The topological polar surface area (TPSA) is 62.3 Å². The molecule has 0 bridgehead atoms. The molecule has 3 rings (SSSR count). The lowest BCUT2D eigenvalue weighted by atomic mass is 9.98. The van der Waals surface area contributed by atoms with Gasteiger partial charge in [-0.05, 0) is 26.0 Å². The molecule has 26 heavy (non-hydrogen) atoms. The van der Waals surface area contributed by atoms with Crippen molar-refractivity contribution in [3.63, 3.8) is 0 Å². The fourth-order valence-corrected chi connectivity index (χ4v) is 3.52. The number of halogens is 3. The molecule has 1 aliphatic heterocycles. The number of alkyl halides is 3. The number of hydrogen-bond acceptors (Lipinski definition) is 4. The number of benzene rings is 1. The molecule has 1 aromatic carbocycles. The van der Waals surface area contributed by atoms with Crippen molar-refractivity contribution in [2.75, 3.05) is 13.1 Å². The zero-order chi connectivity index (χ0) is 19.1. The molecule has 1 aromatic heterocycles. The summed E-state index contributed by atoms with van der Waals surface area (Å²) < 4.78 is 38.6. The lowest BCUT2D eigenvalue weighted by Gasteiger charge is -2.40. The summed E-state index contributed by atoms with van der Waals surface area (Å²) in [5.74, 6) is -0.676. The van der Waals surface area contributed by atoms with Crippen molar-refractivity contribution in [3.05, 3.63) is 40.9 Å². The van der Waals surface area contributed by atoms with E-state index >= 15 is 0 Å². The van der Waals surface area contributed by atoms with Crippen molar-refractivity contribution in [1.82, 2.24) is 15.2 Å². The van der Waals surface area contributed by atoms with Crippen molar-refractivity contribution in [2.24, 2.45) is 0 Å². The van der Waals surface area contributed by atoms with Gasteiger partial charge in [0.1, 0.15) is 16.2 Å². The Bertz CT molecular complexity index is 861. The molecule has 1 saturated heterocycles. The molecule has 2 amide bonds. The molecule has 0 radical (unpaired) electrons. The van der Waals surface area contributed by atoms with Crippen LogP contribution in [0.2, 0.25) is 0 Å². The van der Waals surface area contributed by atoms with Gasteiger partial charge in [-0.3, -0.25) is 9.59 Å². The first-order chi connectivity index (χ1) is 12.1. The van der Waals surface area contributed by atoms with Crippen LogP contribution in [0.5, 0.6) is 0 Å². The number of rotatable bonds is 2. The number of piperazine rings is 1. The van der Waals surface area contributed by atoms with Crippen LogP contribution in [0.25, 0.3) is 10.6 Å². The van der Waals surface area contributed by atoms with Gasteiger partial charge >= 0.3 is 6.18 Å². The third kappa shape index (κ3) is 3.31. The van der Waals surface area contributed by atoms with Crippen molar-refractivity contribution in [1.29, 1.82) is 0 Å². The van der Waals surface area contributed by atoms with E-state index in [-0.39, 0.29) is 11.6 Å². The van der Waals surface area contributed by atoms with Crippen LogP contribution in [0.1, 0.15) is 29.9 Å². The van der Waals surface area contributed by atoms with Crippen LogP contribution in [-0.4, -0.2) is 40.3 Å². The van der Waals surface area contributed by atoms with Crippen LogP contribution in [0.4, 0.5) is 13.2 Å². The van der Waals surface area contributed by atoms with Gasteiger partial charge in [-0.1, -0.05) is 12.1 Å². The van der Waals surface area contributed by atoms with E-state index in [4.69, 9.17) is 0 Å². The number of thiazole rings is 1. The quantitative estimate of drug-likeness (QED) is 0.867. The van der Waals surface area contributed by atoms with E-state index in [1.54, 1.807) is 13.8 Å². The first-order valence-corrected chi connectivity index (χ1v) is 8.72. The fourth-order valence-electron chi connectivity index (χ4n) is 2.73. The van der Waals surface area contributed by atoms with Crippen molar-refractivity contribution >= 4 is 23.2 Å². The summed E-state index contributed by atoms with van der Waals surface area (Å²) in [7, 11) is 0. The van der Waals surface area contributed by atoms with Gasteiger partial charge in [0, 0.05) is 24.0 Å². The third-order valence-electron chi connectivity index (χ3n) is 4.26. The molecule has 0 atom stereocenters. The minimum Gasteiger partial charge on any atom is -0.352 e. The smallest absolute Gasteiger partial charge is 0.352 e. The summed E-state index contributed by atoms with van der Waals surface area (Å²) in [5.41, 5.74) is -1.38. The number of aromatic nitrogens is 1. The van der Waals surface area contributed by atoms with Gasteiger partial charge in [0.15, 0.2) is 0 Å². The molecule has 1 fully saturated rings. The van der Waals surface area contributed by atoms with Gasteiger partial charge in [0.05, 0.1) is 5.56 Å². The molecular formula is C17H16F3N3O2S. The molecule has 2 heterocycles. The normalized spacial score (nSPS) is 17.1. The van der Waals surface area contributed by atoms with Crippen LogP contribution < -0.4 is 5.32 Å². The molecule has 2 aromatic rings. The van der Waals surface area contributed by atoms with E-state index in [9.17, 15) is 22.8 Å². The van der Waals surface area contributed by atoms with E-state index in [2.05, 4.69) is 10.3 Å². The first kappa shape index (κ1) is 18.4. The van der Waals surface area contributed by atoms with Crippen LogP contribution in [0.15, 0.2) is 29.6 Å². The van der Waals surface area contributed by atoms with Gasteiger partial charge in [0.25, 0.3) is 5.91 Å². The Morgan fingerprint density at radius 1 is 1.35 bits per heavy atom. The predicted molar refractivity (Wildman–Crippen MR) is 90.7 cm³/mol. The Labute approximate surface area is 151 Å². The number of nitrogens with zero attached hydrogens (tertiary/aromatic N) is 2.